The van der Waals surface area contributed by atoms with Crippen molar-refractivity contribution < 1.29 is 32.3 Å². The smallest absolute Gasteiger partial charge is 0.431 e. The van der Waals surface area contributed by atoms with Crippen LogP contribution in [0.5, 0.6) is 5.88 Å². The average Bonchev–Trinajstić information content (AvgIpc) is 2.73. The molecule has 0 radical (unpaired) electrons. The van der Waals surface area contributed by atoms with Gasteiger partial charge in [0.25, 0.3) is 15.9 Å². The van der Waals surface area contributed by atoms with Crippen molar-refractivity contribution in [1.29, 1.82) is 0 Å². The molecule has 0 unspecified atom stereocenters. The Hall–Kier alpha value is -3.47. The quantitative estimate of drug-likeness (QED) is 0.539. The SMILES string of the molecule is CC[C@H](C)OC(=O)Oc1ccc(C(=O)NS(=O)(=O)c2ccc(CCNC(C)=O)cc2)cn1. The molecular weight excluding hydrogens is 438 g/mol. The van der Waals surface area contributed by atoms with Crippen molar-refractivity contribution in [2.24, 2.45) is 0 Å². The Labute approximate surface area is 186 Å². The molecule has 2 amide bonds. The number of nitrogens with one attached hydrogen (secondary N) is 2. The monoisotopic (exact) mass is 463 g/mol. The molecule has 0 aliphatic heterocycles. The van der Waals surface area contributed by atoms with Gasteiger partial charge in [0, 0.05) is 25.7 Å². The Morgan fingerprint density at radius 1 is 1.09 bits per heavy atom. The van der Waals surface area contributed by atoms with Gasteiger partial charge in [0.15, 0.2) is 0 Å². The van der Waals surface area contributed by atoms with E-state index in [0.717, 1.165) is 11.8 Å². The van der Waals surface area contributed by atoms with Crippen molar-refractivity contribution >= 4 is 28.0 Å². The second kappa shape index (κ2) is 11.2. The summed E-state index contributed by atoms with van der Waals surface area (Å²) in [5.74, 6) is -1.12. The van der Waals surface area contributed by atoms with E-state index in [1.54, 1.807) is 19.1 Å². The van der Waals surface area contributed by atoms with Gasteiger partial charge in [0.2, 0.25) is 11.8 Å². The molecule has 2 rings (SSSR count). The maximum Gasteiger partial charge on any atom is 0.515 e. The highest BCUT2D eigenvalue weighted by Crippen LogP contribution is 2.13. The lowest BCUT2D eigenvalue weighted by Gasteiger charge is -2.10. The van der Waals surface area contributed by atoms with Gasteiger partial charge in [-0.15, -0.1) is 0 Å². The number of nitrogens with zero attached hydrogens (tertiary/aromatic N) is 1. The van der Waals surface area contributed by atoms with Gasteiger partial charge in [-0.2, -0.15) is 0 Å². The first-order valence-corrected chi connectivity index (χ1v) is 11.3. The van der Waals surface area contributed by atoms with Gasteiger partial charge in [-0.05, 0) is 43.5 Å². The normalized spacial score (nSPS) is 11.8. The number of hydrogen-bond acceptors (Lipinski definition) is 8. The molecule has 32 heavy (non-hydrogen) atoms. The number of pyridine rings is 1. The molecule has 1 heterocycles. The first-order valence-electron chi connectivity index (χ1n) is 9.85. The summed E-state index contributed by atoms with van der Waals surface area (Å²) in [6, 6.07) is 8.48. The number of aromatic nitrogens is 1. The maximum atomic E-state index is 12.5. The zero-order valence-electron chi connectivity index (χ0n) is 18.0. The van der Waals surface area contributed by atoms with E-state index in [9.17, 15) is 22.8 Å². The Kier molecular flexibility index (Phi) is 8.71. The molecule has 0 aliphatic rings. The first-order chi connectivity index (χ1) is 15.1. The molecule has 1 aromatic heterocycles. The Balaban J connectivity index is 1.97. The number of rotatable bonds is 9. The molecule has 0 spiro atoms. The predicted molar refractivity (Wildman–Crippen MR) is 115 cm³/mol. The van der Waals surface area contributed by atoms with Crippen LogP contribution in [0.1, 0.15) is 43.1 Å². The van der Waals surface area contributed by atoms with Gasteiger partial charge in [-0.3, -0.25) is 9.59 Å². The molecule has 1 aromatic carbocycles. The maximum absolute atomic E-state index is 12.5. The first kappa shape index (κ1) is 24.8. The highest BCUT2D eigenvalue weighted by Gasteiger charge is 2.19. The summed E-state index contributed by atoms with van der Waals surface area (Å²) < 4.78 is 36.8. The van der Waals surface area contributed by atoms with Gasteiger partial charge in [-0.1, -0.05) is 19.1 Å². The third-order valence-corrected chi connectivity index (χ3v) is 5.65. The van der Waals surface area contributed by atoms with Crippen LogP contribution in [-0.2, 0) is 26.0 Å². The molecule has 1 atom stereocenters. The molecule has 2 N–H and O–H groups in total. The summed E-state index contributed by atoms with van der Waals surface area (Å²) in [7, 11) is -4.11. The Morgan fingerprint density at radius 3 is 2.34 bits per heavy atom. The number of carbonyl (C=O) groups is 3. The fraction of sp³-hybridized carbons (Fsp3) is 0.333. The second-order valence-corrected chi connectivity index (χ2v) is 8.57. The molecule has 2 aromatic rings. The molecule has 0 saturated carbocycles. The van der Waals surface area contributed by atoms with Crippen molar-refractivity contribution in [3.63, 3.8) is 0 Å². The van der Waals surface area contributed by atoms with Crippen LogP contribution in [0.25, 0.3) is 0 Å². The fourth-order valence-electron chi connectivity index (χ4n) is 2.39. The molecule has 0 aliphatic carbocycles. The van der Waals surface area contributed by atoms with Crippen LogP contribution in [0.2, 0.25) is 0 Å². The lowest BCUT2D eigenvalue weighted by Crippen LogP contribution is -2.30. The summed E-state index contributed by atoms with van der Waals surface area (Å²) in [5, 5.41) is 2.65. The van der Waals surface area contributed by atoms with Crippen LogP contribution in [0, 0.1) is 0 Å². The van der Waals surface area contributed by atoms with E-state index in [4.69, 9.17) is 9.47 Å². The number of ether oxygens (including phenoxy) is 2. The largest absolute Gasteiger partial charge is 0.515 e. The highest BCUT2D eigenvalue weighted by molar-refractivity contribution is 7.90. The van der Waals surface area contributed by atoms with E-state index in [-0.39, 0.29) is 28.4 Å². The minimum atomic E-state index is -4.11. The van der Waals surface area contributed by atoms with E-state index < -0.39 is 22.1 Å². The van der Waals surface area contributed by atoms with Crippen LogP contribution in [0.15, 0.2) is 47.5 Å². The van der Waals surface area contributed by atoms with Crippen molar-refractivity contribution in [3.05, 3.63) is 53.7 Å². The zero-order valence-corrected chi connectivity index (χ0v) is 18.8. The summed E-state index contributed by atoms with van der Waals surface area (Å²) in [5.41, 5.74) is 0.791. The van der Waals surface area contributed by atoms with E-state index >= 15 is 0 Å². The molecule has 10 nitrogen and oxygen atoms in total. The fourth-order valence-corrected chi connectivity index (χ4v) is 3.36. The minimum Gasteiger partial charge on any atom is -0.431 e. The van der Waals surface area contributed by atoms with Crippen molar-refractivity contribution in [2.45, 2.75) is 44.6 Å². The molecule has 172 valence electrons. The van der Waals surface area contributed by atoms with E-state index in [1.165, 1.54) is 31.2 Å². The number of benzene rings is 1. The van der Waals surface area contributed by atoms with Crippen LogP contribution < -0.4 is 14.8 Å². The van der Waals surface area contributed by atoms with Gasteiger partial charge in [-0.25, -0.2) is 22.9 Å². The summed E-state index contributed by atoms with van der Waals surface area (Å²) in [6.45, 7) is 5.40. The number of sulfonamides is 1. The molecule has 0 saturated heterocycles. The summed E-state index contributed by atoms with van der Waals surface area (Å²) >= 11 is 0. The number of carbonyl (C=O) groups excluding carboxylic acids is 3. The van der Waals surface area contributed by atoms with Crippen molar-refractivity contribution in [1.82, 2.24) is 15.0 Å². The highest BCUT2D eigenvalue weighted by atomic mass is 32.2. The molecule has 0 bridgehead atoms. The van der Waals surface area contributed by atoms with E-state index in [1.807, 2.05) is 11.6 Å². The molecule has 0 fully saturated rings. The Bertz CT molecular complexity index is 1050. The van der Waals surface area contributed by atoms with Crippen molar-refractivity contribution in [2.75, 3.05) is 6.54 Å². The summed E-state index contributed by atoms with van der Waals surface area (Å²) in [6.07, 6.45) is 1.01. The molecule has 11 heteroatoms. The topological polar surface area (TPSA) is 141 Å². The third kappa shape index (κ3) is 7.65. The van der Waals surface area contributed by atoms with Crippen molar-refractivity contribution in [3.8, 4) is 5.88 Å². The van der Waals surface area contributed by atoms with Crippen LogP contribution in [0.3, 0.4) is 0 Å². The predicted octanol–water partition coefficient (Wildman–Crippen LogP) is 2.19. The van der Waals surface area contributed by atoms with E-state index in [2.05, 4.69) is 10.3 Å². The second-order valence-electron chi connectivity index (χ2n) is 6.89. The number of hydrogen-bond donors (Lipinski definition) is 2. The minimum absolute atomic E-state index is 0.0388. The lowest BCUT2D eigenvalue weighted by molar-refractivity contribution is -0.118. The van der Waals surface area contributed by atoms with E-state index in [0.29, 0.717) is 19.4 Å². The summed E-state index contributed by atoms with van der Waals surface area (Å²) in [4.78, 5) is 38.5. The third-order valence-electron chi connectivity index (χ3n) is 4.31. The number of amides is 2. The van der Waals surface area contributed by atoms with Gasteiger partial charge in [0.05, 0.1) is 10.5 Å². The van der Waals surface area contributed by atoms with Gasteiger partial charge in [0.1, 0.15) is 6.10 Å². The van der Waals surface area contributed by atoms with Crippen LogP contribution in [0.4, 0.5) is 4.79 Å². The average molecular weight is 464 g/mol. The zero-order chi connectivity index (χ0) is 23.7. The van der Waals surface area contributed by atoms with Crippen LogP contribution in [-0.4, -0.2) is 44.0 Å². The Morgan fingerprint density at radius 2 is 1.78 bits per heavy atom. The standard InChI is InChI=1S/C21H25N3O7S/c1-4-14(2)30-21(27)31-19-10-7-17(13-23-19)20(26)24-32(28,29)18-8-5-16(6-9-18)11-12-22-15(3)25/h5-10,13-14H,4,11-12H2,1-3H3,(H,22,25)(H,24,26)/t14-/m0/s1. The molecular formula is C21H25N3O7S. The lowest BCUT2D eigenvalue weighted by atomic mass is 10.1. The van der Waals surface area contributed by atoms with Gasteiger partial charge < -0.3 is 14.8 Å². The van der Waals surface area contributed by atoms with Gasteiger partial charge >= 0.3 is 6.16 Å². The van der Waals surface area contributed by atoms with Crippen LogP contribution >= 0.6 is 0 Å².